The molecule has 0 radical (unpaired) electrons. The molecule has 4 nitrogen and oxygen atoms in total. The monoisotopic (exact) mass is 436 g/mol. The molecule has 30 heavy (non-hydrogen) atoms. The molecular weight excluding hydrogens is 409 g/mol. The van der Waals surface area contributed by atoms with Crippen LogP contribution in [0.25, 0.3) is 0 Å². The molecule has 4 rings (SSSR count). The number of rotatable bonds is 5. The van der Waals surface area contributed by atoms with E-state index in [0.717, 1.165) is 55.3 Å². The fourth-order valence-corrected chi connectivity index (χ4v) is 5.38. The molecule has 0 spiro atoms. The second-order valence-electron chi connectivity index (χ2n) is 7.86. The van der Waals surface area contributed by atoms with E-state index in [2.05, 4.69) is 15.5 Å². The molecule has 8 heteroatoms. The zero-order valence-electron chi connectivity index (χ0n) is 17.2. The fourth-order valence-electron chi connectivity index (χ4n) is 4.16. The second kappa shape index (κ2) is 8.69. The average Bonchev–Trinajstić information content (AvgIpc) is 2.72. The van der Waals surface area contributed by atoms with Gasteiger partial charge in [0.05, 0.1) is 22.6 Å². The Morgan fingerprint density at radius 3 is 2.53 bits per heavy atom. The molecule has 0 atom stereocenters. The lowest BCUT2D eigenvalue weighted by Crippen LogP contribution is -2.41. The highest BCUT2D eigenvalue weighted by atomic mass is 32.2. The van der Waals surface area contributed by atoms with Crippen molar-refractivity contribution in [1.82, 2.24) is 10.2 Å². The van der Waals surface area contributed by atoms with E-state index in [-0.39, 0.29) is 6.04 Å². The van der Waals surface area contributed by atoms with Crippen LogP contribution in [0.3, 0.4) is 0 Å². The van der Waals surface area contributed by atoms with Gasteiger partial charge in [0.15, 0.2) is 0 Å². The summed E-state index contributed by atoms with van der Waals surface area (Å²) in [4.78, 5) is 6.01. The van der Waals surface area contributed by atoms with Crippen molar-refractivity contribution in [3.8, 4) is 0 Å². The topological polar surface area (TPSA) is 30.5 Å². The Labute approximate surface area is 179 Å². The second-order valence-corrected chi connectivity index (χ2v) is 8.94. The number of hydrogen-bond acceptors (Lipinski definition) is 5. The van der Waals surface area contributed by atoms with Crippen molar-refractivity contribution < 1.29 is 13.2 Å². The lowest BCUT2D eigenvalue weighted by Gasteiger charge is -2.36. The van der Waals surface area contributed by atoms with Crippen LogP contribution in [0.2, 0.25) is 0 Å². The Bertz CT molecular complexity index is 894. The summed E-state index contributed by atoms with van der Waals surface area (Å²) < 4.78 is 40.8. The highest BCUT2D eigenvalue weighted by Crippen LogP contribution is 2.52. The van der Waals surface area contributed by atoms with Crippen molar-refractivity contribution in [2.45, 2.75) is 34.9 Å². The normalized spacial score (nSPS) is 17.6. The maximum atomic E-state index is 13.6. The van der Waals surface area contributed by atoms with Gasteiger partial charge in [0.25, 0.3) is 0 Å². The van der Waals surface area contributed by atoms with Gasteiger partial charge >= 0.3 is 6.18 Å². The summed E-state index contributed by atoms with van der Waals surface area (Å²) in [6.45, 7) is 3.85. The van der Waals surface area contributed by atoms with Crippen LogP contribution in [0, 0.1) is 0 Å². The molecule has 0 unspecified atom stereocenters. The van der Waals surface area contributed by atoms with Crippen LogP contribution in [0.5, 0.6) is 0 Å². The first-order chi connectivity index (χ1) is 14.4. The minimum absolute atomic E-state index is 0.166. The fraction of sp³-hybridized carbons (Fsp3) is 0.455. The zero-order chi connectivity index (χ0) is 21.3. The predicted molar refractivity (Wildman–Crippen MR) is 117 cm³/mol. The highest BCUT2D eigenvalue weighted by Gasteiger charge is 2.35. The quantitative estimate of drug-likeness (QED) is 0.686. The first kappa shape index (κ1) is 21.3. The maximum absolute atomic E-state index is 13.6. The van der Waals surface area contributed by atoms with Crippen molar-refractivity contribution in [2.24, 2.45) is 0 Å². The van der Waals surface area contributed by atoms with Crippen LogP contribution in [-0.2, 0) is 6.18 Å². The number of alkyl halides is 3. The standard InChI is InChI=1S/C22H27F3N4S/c1-26-9-12-29-10-7-16(8-11-29)27-17-13-15(22(23,24)25)14-20-21(17)28(2)18-5-3-4-6-19(18)30-20/h3-6,13-14,16,26-27H,7-12H2,1-2H3. The number of likely N-dealkylation sites (N-methyl/N-ethyl adjacent to an activating group) is 1. The molecule has 2 aromatic carbocycles. The smallest absolute Gasteiger partial charge is 0.380 e. The van der Waals surface area contributed by atoms with Crippen LogP contribution in [0.15, 0.2) is 46.2 Å². The summed E-state index contributed by atoms with van der Waals surface area (Å²) in [7, 11) is 3.87. The third kappa shape index (κ3) is 4.40. The number of anilines is 3. The Kier molecular flexibility index (Phi) is 6.18. The van der Waals surface area contributed by atoms with E-state index in [1.165, 1.54) is 23.9 Å². The van der Waals surface area contributed by atoms with E-state index < -0.39 is 11.7 Å². The first-order valence-electron chi connectivity index (χ1n) is 10.3. The third-order valence-corrected chi connectivity index (χ3v) is 6.91. The van der Waals surface area contributed by atoms with Crippen LogP contribution < -0.4 is 15.5 Å². The van der Waals surface area contributed by atoms with Crippen molar-refractivity contribution >= 4 is 28.8 Å². The van der Waals surface area contributed by atoms with Gasteiger partial charge in [0.1, 0.15) is 0 Å². The minimum atomic E-state index is -4.38. The summed E-state index contributed by atoms with van der Waals surface area (Å²) in [5.74, 6) is 0. The van der Waals surface area contributed by atoms with E-state index >= 15 is 0 Å². The number of halogens is 3. The zero-order valence-corrected chi connectivity index (χ0v) is 18.0. The molecule has 0 bridgehead atoms. The maximum Gasteiger partial charge on any atom is 0.416 e. The van der Waals surface area contributed by atoms with Gasteiger partial charge in [0.2, 0.25) is 0 Å². The minimum Gasteiger partial charge on any atom is -0.380 e. The van der Waals surface area contributed by atoms with Crippen LogP contribution in [0.1, 0.15) is 18.4 Å². The van der Waals surface area contributed by atoms with Crippen LogP contribution in [-0.4, -0.2) is 51.2 Å². The molecule has 1 fully saturated rings. The number of hydrogen-bond donors (Lipinski definition) is 2. The molecule has 0 aliphatic carbocycles. The molecule has 0 amide bonds. The average molecular weight is 437 g/mol. The Morgan fingerprint density at radius 2 is 1.83 bits per heavy atom. The molecule has 1 saturated heterocycles. The summed E-state index contributed by atoms with van der Waals surface area (Å²) in [5.41, 5.74) is 1.80. The Balaban J connectivity index is 1.62. The summed E-state index contributed by atoms with van der Waals surface area (Å²) in [6.07, 6.45) is -2.54. The van der Waals surface area contributed by atoms with Gasteiger partial charge in [0, 0.05) is 49.1 Å². The first-order valence-corrected chi connectivity index (χ1v) is 11.1. The third-order valence-electron chi connectivity index (χ3n) is 5.81. The number of piperidine rings is 1. The SMILES string of the molecule is CNCCN1CCC(Nc2cc(C(F)(F)F)cc3c2N(C)c2ccccc2S3)CC1. The summed E-state index contributed by atoms with van der Waals surface area (Å²) in [6, 6.07) is 10.5. The highest BCUT2D eigenvalue weighted by molar-refractivity contribution is 7.99. The van der Waals surface area contributed by atoms with E-state index in [1.807, 2.05) is 43.3 Å². The Hall–Kier alpha value is -1.90. The van der Waals surface area contributed by atoms with Crippen molar-refractivity contribution in [3.63, 3.8) is 0 Å². The van der Waals surface area contributed by atoms with Gasteiger partial charge in [-0.1, -0.05) is 23.9 Å². The van der Waals surface area contributed by atoms with E-state index in [4.69, 9.17) is 0 Å². The van der Waals surface area contributed by atoms with Crippen LogP contribution in [0.4, 0.5) is 30.2 Å². The number of para-hydroxylation sites is 1. The van der Waals surface area contributed by atoms with Crippen LogP contribution >= 0.6 is 11.8 Å². The van der Waals surface area contributed by atoms with E-state index in [9.17, 15) is 13.2 Å². The molecule has 2 aliphatic rings. The molecule has 2 N–H and O–H groups in total. The van der Waals surface area contributed by atoms with Crippen molar-refractivity contribution in [2.75, 3.05) is 50.5 Å². The molecule has 2 heterocycles. The molecule has 2 aliphatic heterocycles. The van der Waals surface area contributed by atoms with Gasteiger partial charge in [-0.3, -0.25) is 0 Å². The molecule has 162 valence electrons. The van der Waals surface area contributed by atoms with Gasteiger partial charge in [-0.05, 0) is 44.2 Å². The number of likely N-dealkylation sites (tertiary alicyclic amines) is 1. The molecule has 0 saturated carbocycles. The molecule has 2 aromatic rings. The van der Waals surface area contributed by atoms with Crippen molar-refractivity contribution in [1.29, 1.82) is 0 Å². The number of fused-ring (bicyclic) bond motifs is 2. The van der Waals surface area contributed by atoms with Gasteiger partial charge in [-0.25, -0.2) is 0 Å². The number of nitrogens with zero attached hydrogens (tertiary/aromatic N) is 2. The lowest BCUT2D eigenvalue weighted by molar-refractivity contribution is -0.137. The van der Waals surface area contributed by atoms with Gasteiger partial charge in [-0.15, -0.1) is 0 Å². The number of benzene rings is 2. The largest absolute Gasteiger partial charge is 0.416 e. The van der Waals surface area contributed by atoms with E-state index in [1.54, 1.807) is 0 Å². The van der Waals surface area contributed by atoms with E-state index in [0.29, 0.717) is 10.6 Å². The molecular formula is C22H27F3N4S. The van der Waals surface area contributed by atoms with Crippen molar-refractivity contribution in [3.05, 3.63) is 42.0 Å². The molecule has 0 aromatic heterocycles. The van der Waals surface area contributed by atoms with Gasteiger partial charge < -0.3 is 20.4 Å². The lowest BCUT2D eigenvalue weighted by atomic mass is 10.0. The Morgan fingerprint density at radius 1 is 1.10 bits per heavy atom. The summed E-state index contributed by atoms with van der Waals surface area (Å²) >= 11 is 1.41. The van der Waals surface area contributed by atoms with Gasteiger partial charge in [-0.2, -0.15) is 13.2 Å². The predicted octanol–water partition coefficient (Wildman–Crippen LogP) is 5.03. The number of nitrogens with one attached hydrogen (secondary N) is 2. The summed E-state index contributed by atoms with van der Waals surface area (Å²) in [5, 5.41) is 6.62.